The van der Waals surface area contributed by atoms with Crippen LogP contribution in [0.15, 0.2) is 18.2 Å². The summed E-state index contributed by atoms with van der Waals surface area (Å²) in [5.74, 6) is -1.88. The van der Waals surface area contributed by atoms with E-state index in [2.05, 4.69) is 5.32 Å². The van der Waals surface area contributed by atoms with E-state index in [9.17, 15) is 19.2 Å². The average Bonchev–Trinajstić information content (AvgIpc) is 2.71. The first-order chi connectivity index (χ1) is 10.0. The molecule has 4 amide bonds. The van der Waals surface area contributed by atoms with Crippen molar-refractivity contribution >= 4 is 23.6 Å². The van der Waals surface area contributed by atoms with Crippen molar-refractivity contribution in [3.8, 4) is 0 Å². The van der Waals surface area contributed by atoms with Gasteiger partial charge in [-0.15, -0.1) is 0 Å². The molecule has 0 radical (unpaired) electrons. The molecule has 0 saturated carbocycles. The summed E-state index contributed by atoms with van der Waals surface area (Å²) in [5.41, 5.74) is 1.62. The topological polar surface area (TPSA) is 83.6 Å². The van der Waals surface area contributed by atoms with Crippen LogP contribution in [-0.4, -0.2) is 34.6 Å². The Balaban J connectivity index is 1.96. The van der Waals surface area contributed by atoms with E-state index in [0.717, 1.165) is 16.9 Å². The van der Waals surface area contributed by atoms with Crippen LogP contribution in [0.25, 0.3) is 0 Å². The maximum atomic E-state index is 12.4. The third-order valence-corrected chi connectivity index (χ3v) is 3.91. The number of rotatable bonds is 2. The Morgan fingerprint density at radius 3 is 2.52 bits per heavy atom. The van der Waals surface area contributed by atoms with Gasteiger partial charge < -0.3 is 0 Å². The molecule has 1 fully saturated rings. The monoisotopic (exact) mass is 286 g/mol. The Morgan fingerprint density at radius 1 is 1.14 bits per heavy atom. The van der Waals surface area contributed by atoms with E-state index in [4.69, 9.17) is 0 Å². The summed E-state index contributed by atoms with van der Waals surface area (Å²) in [6, 6.07) is 4.22. The summed E-state index contributed by atoms with van der Waals surface area (Å²) in [4.78, 5) is 48.9. The Bertz CT molecular complexity index is 680. The average molecular weight is 286 g/mol. The third kappa shape index (κ3) is 2.03. The van der Waals surface area contributed by atoms with Gasteiger partial charge in [-0.3, -0.25) is 29.4 Å². The fourth-order valence-corrected chi connectivity index (χ4v) is 2.74. The highest BCUT2D eigenvalue weighted by molar-refractivity contribution is 6.23. The van der Waals surface area contributed by atoms with E-state index in [1.54, 1.807) is 18.2 Å². The molecule has 1 aromatic carbocycles. The fourth-order valence-electron chi connectivity index (χ4n) is 2.74. The van der Waals surface area contributed by atoms with E-state index in [-0.39, 0.29) is 18.7 Å². The van der Waals surface area contributed by atoms with Gasteiger partial charge in [0.15, 0.2) is 0 Å². The minimum Gasteiger partial charge on any atom is -0.295 e. The summed E-state index contributed by atoms with van der Waals surface area (Å²) in [5, 5.41) is 2.17. The van der Waals surface area contributed by atoms with Crippen molar-refractivity contribution < 1.29 is 19.2 Å². The second-order valence-electron chi connectivity index (χ2n) is 5.18. The number of hydrogen-bond acceptors (Lipinski definition) is 4. The van der Waals surface area contributed by atoms with E-state index in [0.29, 0.717) is 11.1 Å². The van der Waals surface area contributed by atoms with E-state index >= 15 is 0 Å². The predicted octanol–water partition coefficient (Wildman–Crippen LogP) is 0.650. The van der Waals surface area contributed by atoms with Crippen molar-refractivity contribution in [3.05, 3.63) is 34.9 Å². The molecule has 0 bridgehead atoms. The number of fused-ring (bicyclic) bond motifs is 1. The highest BCUT2D eigenvalue weighted by Gasteiger charge is 2.44. The third-order valence-electron chi connectivity index (χ3n) is 3.91. The maximum absolute atomic E-state index is 12.4. The fraction of sp³-hybridized carbons (Fsp3) is 0.333. The van der Waals surface area contributed by atoms with Crippen LogP contribution in [0.2, 0.25) is 0 Å². The van der Waals surface area contributed by atoms with Gasteiger partial charge >= 0.3 is 0 Å². The van der Waals surface area contributed by atoms with Crippen LogP contribution < -0.4 is 5.32 Å². The quantitative estimate of drug-likeness (QED) is 0.809. The van der Waals surface area contributed by atoms with Crippen molar-refractivity contribution in [1.82, 2.24) is 10.2 Å². The van der Waals surface area contributed by atoms with Crippen LogP contribution in [0.1, 0.15) is 46.0 Å². The van der Waals surface area contributed by atoms with E-state index in [1.807, 2.05) is 6.92 Å². The van der Waals surface area contributed by atoms with Crippen molar-refractivity contribution in [2.45, 2.75) is 32.2 Å². The molecule has 21 heavy (non-hydrogen) atoms. The summed E-state index contributed by atoms with van der Waals surface area (Å²) in [6.07, 6.45) is 1.06. The summed E-state index contributed by atoms with van der Waals surface area (Å²) < 4.78 is 0. The van der Waals surface area contributed by atoms with Crippen molar-refractivity contribution in [1.29, 1.82) is 0 Å². The molecule has 1 unspecified atom stereocenters. The van der Waals surface area contributed by atoms with Crippen LogP contribution in [-0.2, 0) is 16.0 Å². The molecule has 2 aliphatic rings. The van der Waals surface area contributed by atoms with Crippen LogP contribution in [0, 0.1) is 0 Å². The first-order valence-electron chi connectivity index (χ1n) is 6.87. The van der Waals surface area contributed by atoms with E-state index < -0.39 is 23.8 Å². The lowest BCUT2D eigenvalue weighted by Crippen LogP contribution is -2.54. The molecule has 0 spiro atoms. The molecular weight excluding hydrogens is 272 g/mol. The van der Waals surface area contributed by atoms with Crippen molar-refractivity contribution in [3.63, 3.8) is 0 Å². The minimum absolute atomic E-state index is 0.129. The van der Waals surface area contributed by atoms with Crippen LogP contribution in [0.4, 0.5) is 0 Å². The molecular formula is C15H14N2O4. The SMILES string of the molecule is CCc1ccc2c(c1)C(=O)N(C1CCC(=O)NC1=O)C2=O. The molecule has 3 rings (SSSR count). The van der Waals surface area contributed by atoms with Crippen molar-refractivity contribution in [2.24, 2.45) is 0 Å². The molecule has 1 saturated heterocycles. The number of piperidine rings is 1. The van der Waals surface area contributed by atoms with Gasteiger partial charge in [-0.2, -0.15) is 0 Å². The highest BCUT2D eigenvalue weighted by Crippen LogP contribution is 2.28. The van der Waals surface area contributed by atoms with Crippen LogP contribution in [0.3, 0.4) is 0 Å². The molecule has 0 aliphatic carbocycles. The molecule has 6 heteroatoms. The zero-order valence-electron chi connectivity index (χ0n) is 11.5. The summed E-state index contributed by atoms with van der Waals surface area (Å²) >= 11 is 0. The highest BCUT2D eigenvalue weighted by atomic mass is 16.2. The van der Waals surface area contributed by atoms with Gasteiger partial charge in [0.1, 0.15) is 6.04 Å². The first-order valence-corrected chi connectivity index (χ1v) is 6.87. The molecule has 1 N–H and O–H groups in total. The van der Waals surface area contributed by atoms with Crippen LogP contribution in [0.5, 0.6) is 0 Å². The lowest BCUT2D eigenvalue weighted by Gasteiger charge is -2.27. The van der Waals surface area contributed by atoms with Gasteiger partial charge in [0, 0.05) is 6.42 Å². The molecule has 6 nitrogen and oxygen atoms in total. The molecule has 0 aromatic heterocycles. The van der Waals surface area contributed by atoms with Gasteiger partial charge in [-0.1, -0.05) is 13.0 Å². The number of carbonyl (C=O) groups is 4. The lowest BCUT2D eigenvalue weighted by atomic mass is 10.0. The second kappa shape index (κ2) is 4.80. The largest absolute Gasteiger partial charge is 0.295 e. The number of amides is 4. The molecule has 2 heterocycles. The Hall–Kier alpha value is -2.50. The van der Waals surface area contributed by atoms with Crippen LogP contribution >= 0.6 is 0 Å². The van der Waals surface area contributed by atoms with Gasteiger partial charge in [-0.25, -0.2) is 0 Å². The molecule has 108 valence electrons. The summed E-state index contributed by atoms with van der Waals surface area (Å²) in [6.45, 7) is 1.96. The predicted molar refractivity (Wildman–Crippen MR) is 72.5 cm³/mol. The second-order valence-corrected chi connectivity index (χ2v) is 5.18. The van der Waals surface area contributed by atoms with Gasteiger partial charge in [0.25, 0.3) is 11.8 Å². The number of carbonyl (C=O) groups excluding carboxylic acids is 4. The number of nitrogens with one attached hydrogen (secondary N) is 1. The zero-order valence-corrected chi connectivity index (χ0v) is 11.5. The van der Waals surface area contributed by atoms with Gasteiger partial charge in [0.2, 0.25) is 11.8 Å². The zero-order chi connectivity index (χ0) is 15.1. The normalized spacial score (nSPS) is 21.6. The molecule has 1 atom stereocenters. The number of hydrogen-bond donors (Lipinski definition) is 1. The van der Waals surface area contributed by atoms with Gasteiger partial charge in [-0.05, 0) is 30.5 Å². The number of aryl methyl sites for hydroxylation is 1. The summed E-state index contributed by atoms with van der Waals surface area (Å²) in [7, 11) is 0. The van der Waals surface area contributed by atoms with E-state index in [1.165, 1.54) is 0 Å². The van der Waals surface area contributed by atoms with Gasteiger partial charge in [0.05, 0.1) is 11.1 Å². The number of imide groups is 2. The van der Waals surface area contributed by atoms with Crippen molar-refractivity contribution in [2.75, 3.05) is 0 Å². The first kappa shape index (κ1) is 13.5. The minimum atomic E-state index is -0.903. The Labute approximate surface area is 121 Å². The Morgan fingerprint density at radius 2 is 1.86 bits per heavy atom. The maximum Gasteiger partial charge on any atom is 0.262 e. The molecule has 2 aliphatic heterocycles. The standard InChI is InChI=1S/C15H14N2O4/c1-2-8-3-4-9-10(7-8)15(21)17(14(9)20)11-5-6-12(18)16-13(11)19/h3-4,7,11H,2,5-6H2,1H3,(H,16,18,19). The molecule has 1 aromatic rings. The number of benzene rings is 1. The Kier molecular flexibility index (Phi) is 3.08. The number of nitrogens with zero attached hydrogens (tertiary/aromatic N) is 1. The lowest BCUT2D eigenvalue weighted by molar-refractivity contribution is -0.136. The smallest absolute Gasteiger partial charge is 0.262 e.